The van der Waals surface area contributed by atoms with Crippen LogP contribution in [0.4, 0.5) is 0 Å². The van der Waals surface area contributed by atoms with Crippen LogP contribution in [0.3, 0.4) is 0 Å². The van der Waals surface area contributed by atoms with E-state index in [0.717, 1.165) is 6.42 Å². The third kappa shape index (κ3) is 6.24. The monoisotopic (exact) mass is 331 g/mol. The second-order valence-corrected chi connectivity index (χ2v) is 8.32. The van der Waals surface area contributed by atoms with Crippen LogP contribution in [0, 0.1) is 5.41 Å². The molecule has 0 radical (unpaired) electrons. The van der Waals surface area contributed by atoms with Crippen molar-refractivity contribution in [1.29, 1.82) is 0 Å². The van der Waals surface area contributed by atoms with Crippen LogP contribution in [-0.2, 0) is 0 Å². The van der Waals surface area contributed by atoms with Gasteiger partial charge >= 0.3 is 0 Å². The van der Waals surface area contributed by atoms with Crippen LogP contribution in [0.2, 0.25) is 0 Å². The fraction of sp³-hybridized carbons (Fsp3) is 0.739. The molecule has 0 aliphatic heterocycles. The summed E-state index contributed by atoms with van der Waals surface area (Å²) in [6, 6.07) is 0. The predicted molar refractivity (Wildman–Crippen MR) is 109 cm³/mol. The Morgan fingerprint density at radius 2 is 1.83 bits per heavy atom. The molecular weight excluding hydrogens is 290 g/mol. The molecule has 0 saturated heterocycles. The maximum absolute atomic E-state index is 7.02. The van der Waals surface area contributed by atoms with Gasteiger partial charge in [0.15, 0.2) is 0 Å². The Balaban J connectivity index is 2.66. The summed E-state index contributed by atoms with van der Waals surface area (Å²) >= 11 is 0. The predicted octanol–water partition coefficient (Wildman–Crippen LogP) is 7.09. The van der Waals surface area contributed by atoms with E-state index in [1.807, 2.05) is 6.08 Å². The summed E-state index contributed by atoms with van der Waals surface area (Å²) in [5, 5.41) is 0. The van der Waals surface area contributed by atoms with Crippen LogP contribution < -0.4 is 5.73 Å². The number of hydrogen-bond acceptors (Lipinski definition) is 1. The molecule has 1 atom stereocenters. The molecule has 1 heteroatoms. The Bertz CT molecular complexity index is 441. The number of nitrogens with two attached hydrogens (primary N) is 1. The van der Waals surface area contributed by atoms with Crippen molar-refractivity contribution >= 4 is 0 Å². The summed E-state index contributed by atoms with van der Waals surface area (Å²) in [5.74, 6) is 0. The topological polar surface area (TPSA) is 26.0 Å². The van der Waals surface area contributed by atoms with Gasteiger partial charge in [-0.1, -0.05) is 63.1 Å². The van der Waals surface area contributed by atoms with E-state index in [9.17, 15) is 0 Å². The SMILES string of the molecule is C=C/C=C1\CCCC(C)(C)[C@@](N)(CCCC/C(=C/C)CC)CCC1. The first-order valence-electron chi connectivity index (χ1n) is 10.1. The van der Waals surface area contributed by atoms with E-state index in [0.29, 0.717) is 0 Å². The maximum atomic E-state index is 7.02. The molecule has 1 saturated carbocycles. The normalized spacial score (nSPS) is 27.4. The summed E-state index contributed by atoms with van der Waals surface area (Å²) in [7, 11) is 0. The highest BCUT2D eigenvalue weighted by Gasteiger charge is 2.40. The highest BCUT2D eigenvalue weighted by molar-refractivity contribution is 5.12. The summed E-state index contributed by atoms with van der Waals surface area (Å²) in [4.78, 5) is 0. The number of unbranched alkanes of at least 4 members (excludes halogenated alkanes) is 1. The van der Waals surface area contributed by atoms with Gasteiger partial charge in [-0.25, -0.2) is 0 Å². The summed E-state index contributed by atoms with van der Waals surface area (Å²) in [6.45, 7) is 13.1. The minimum Gasteiger partial charge on any atom is -0.325 e. The van der Waals surface area contributed by atoms with Crippen molar-refractivity contribution in [3.63, 3.8) is 0 Å². The van der Waals surface area contributed by atoms with Gasteiger partial charge < -0.3 is 5.73 Å². The number of rotatable bonds is 7. The molecule has 0 heterocycles. The van der Waals surface area contributed by atoms with Gasteiger partial charge in [0.2, 0.25) is 0 Å². The summed E-state index contributed by atoms with van der Waals surface area (Å²) in [6.07, 6.45) is 19.9. The molecule has 1 aliphatic carbocycles. The van der Waals surface area contributed by atoms with Gasteiger partial charge in [0.05, 0.1) is 0 Å². The fourth-order valence-electron chi connectivity index (χ4n) is 4.22. The molecule has 1 nitrogen and oxygen atoms in total. The molecule has 0 aromatic heterocycles. The zero-order valence-corrected chi connectivity index (χ0v) is 16.8. The Morgan fingerprint density at radius 1 is 1.17 bits per heavy atom. The van der Waals surface area contributed by atoms with E-state index in [-0.39, 0.29) is 11.0 Å². The molecule has 0 amide bonds. The molecule has 1 aliphatic rings. The third-order valence-corrected chi connectivity index (χ3v) is 6.36. The molecule has 0 unspecified atom stereocenters. The van der Waals surface area contributed by atoms with E-state index in [1.54, 1.807) is 11.1 Å². The van der Waals surface area contributed by atoms with Crippen LogP contribution >= 0.6 is 0 Å². The molecule has 0 bridgehead atoms. The van der Waals surface area contributed by atoms with E-state index >= 15 is 0 Å². The molecule has 0 aromatic rings. The van der Waals surface area contributed by atoms with Gasteiger partial charge in [0.25, 0.3) is 0 Å². The van der Waals surface area contributed by atoms with Gasteiger partial charge in [-0.15, -0.1) is 0 Å². The summed E-state index contributed by atoms with van der Waals surface area (Å²) < 4.78 is 0. The number of hydrogen-bond donors (Lipinski definition) is 1. The minimum atomic E-state index is -0.0149. The molecular formula is C23H41N. The molecule has 2 N–H and O–H groups in total. The second-order valence-electron chi connectivity index (χ2n) is 8.32. The lowest BCUT2D eigenvalue weighted by Crippen LogP contribution is -2.52. The highest BCUT2D eigenvalue weighted by atomic mass is 14.8. The van der Waals surface area contributed by atoms with E-state index in [1.165, 1.54) is 64.2 Å². The van der Waals surface area contributed by atoms with E-state index < -0.39 is 0 Å². The number of allylic oxidation sites excluding steroid dienone is 5. The third-order valence-electron chi connectivity index (χ3n) is 6.36. The average molecular weight is 332 g/mol. The molecule has 1 rings (SSSR count). The van der Waals surface area contributed by atoms with E-state index in [2.05, 4.69) is 46.4 Å². The molecule has 24 heavy (non-hydrogen) atoms. The first-order valence-corrected chi connectivity index (χ1v) is 10.1. The molecule has 138 valence electrons. The van der Waals surface area contributed by atoms with Crippen LogP contribution in [0.25, 0.3) is 0 Å². The van der Waals surface area contributed by atoms with Crippen LogP contribution in [0.1, 0.15) is 98.3 Å². The lowest BCUT2D eigenvalue weighted by Gasteiger charge is -2.45. The first kappa shape index (κ1) is 21.2. The largest absolute Gasteiger partial charge is 0.325 e. The Hall–Kier alpha value is -0.820. The molecule has 0 spiro atoms. The lowest BCUT2D eigenvalue weighted by molar-refractivity contribution is 0.122. The lowest BCUT2D eigenvalue weighted by atomic mass is 9.65. The Kier molecular flexibility index (Phi) is 9.05. The van der Waals surface area contributed by atoms with Gasteiger partial charge in [0.1, 0.15) is 0 Å². The fourth-order valence-corrected chi connectivity index (χ4v) is 4.22. The van der Waals surface area contributed by atoms with Crippen molar-refractivity contribution in [2.24, 2.45) is 11.1 Å². The zero-order chi connectivity index (χ0) is 18.1. The van der Waals surface area contributed by atoms with Gasteiger partial charge in [-0.2, -0.15) is 0 Å². The van der Waals surface area contributed by atoms with Crippen molar-refractivity contribution < 1.29 is 0 Å². The quantitative estimate of drug-likeness (QED) is 0.391. The smallest absolute Gasteiger partial charge is 0.0206 e. The first-order chi connectivity index (χ1) is 11.4. The van der Waals surface area contributed by atoms with Crippen molar-refractivity contribution in [3.05, 3.63) is 36.0 Å². The van der Waals surface area contributed by atoms with Crippen LogP contribution in [0.5, 0.6) is 0 Å². The van der Waals surface area contributed by atoms with Crippen LogP contribution in [-0.4, -0.2) is 5.54 Å². The standard InChI is InChI=1S/C23H41N/c1-6-13-21-15-11-17-22(4,5)23(24,19-12-16-21)18-10-9-14-20(7-2)8-3/h6-7,13H,1,8-12,14-19,24H2,2-5H3/b20-7+,21-13+/t23-/m1/s1. The highest BCUT2D eigenvalue weighted by Crippen LogP contribution is 2.43. The van der Waals surface area contributed by atoms with Crippen LogP contribution in [0.15, 0.2) is 36.0 Å². The van der Waals surface area contributed by atoms with Crippen molar-refractivity contribution in [3.8, 4) is 0 Å². The van der Waals surface area contributed by atoms with E-state index in [4.69, 9.17) is 5.73 Å². The van der Waals surface area contributed by atoms with Gasteiger partial charge in [0, 0.05) is 5.54 Å². The molecule has 0 aromatic carbocycles. The van der Waals surface area contributed by atoms with Crippen molar-refractivity contribution in [1.82, 2.24) is 0 Å². The zero-order valence-electron chi connectivity index (χ0n) is 16.8. The van der Waals surface area contributed by atoms with Gasteiger partial charge in [-0.3, -0.25) is 0 Å². The molecule has 1 fully saturated rings. The summed E-state index contributed by atoms with van der Waals surface area (Å²) in [5.41, 5.74) is 10.4. The van der Waals surface area contributed by atoms with Crippen molar-refractivity contribution in [2.75, 3.05) is 0 Å². The van der Waals surface area contributed by atoms with Crippen molar-refractivity contribution in [2.45, 2.75) is 104 Å². The van der Waals surface area contributed by atoms with Gasteiger partial charge in [-0.05, 0) is 76.5 Å². The Morgan fingerprint density at radius 3 is 2.42 bits per heavy atom. The average Bonchev–Trinajstić information content (AvgIpc) is 2.59. The second kappa shape index (κ2) is 10.2. The Labute approximate surface area is 151 Å². The maximum Gasteiger partial charge on any atom is 0.0206 e. The minimum absolute atomic E-state index is 0.0149.